The zero-order valence-corrected chi connectivity index (χ0v) is 16.4. The van der Waals surface area contributed by atoms with E-state index >= 15 is 0 Å². The van der Waals surface area contributed by atoms with Crippen molar-refractivity contribution in [3.63, 3.8) is 0 Å². The summed E-state index contributed by atoms with van der Waals surface area (Å²) < 4.78 is 33.6. The van der Waals surface area contributed by atoms with E-state index in [1.165, 1.54) is 31.4 Å². The molecule has 5 nitrogen and oxygen atoms in total. The third-order valence-electron chi connectivity index (χ3n) is 4.38. The van der Waals surface area contributed by atoms with Gasteiger partial charge in [0.1, 0.15) is 0 Å². The van der Waals surface area contributed by atoms with Gasteiger partial charge in [0, 0.05) is 0 Å². The van der Waals surface area contributed by atoms with Crippen molar-refractivity contribution in [1.29, 1.82) is 0 Å². The molecule has 3 aromatic rings. The number of benzene rings is 3. The summed E-state index contributed by atoms with van der Waals surface area (Å²) in [5.74, 6) is -0.588. The van der Waals surface area contributed by atoms with Crippen molar-refractivity contribution in [2.45, 2.75) is 17.9 Å². The third-order valence-corrected chi connectivity index (χ3v) is 5.80. The van der Waals surface area contributed by atoms with Crippen LogP contribution in [0.25, 0.3) is 0 Å². The van der Waals surface area contributed by atoms with E-state index in [1.807, 2.05) is 61.5 Å². The lowest BCUT2D eigenvalue weighted by atomic mass is 9.99. The van der Waals surface area contributed by atoms with E-state index in [0.717, 1.165) is 16.7 Å². The van der Waals surface area contributed by atoms with Gasteiger partial charge in [-0.05, 0) is 36.2 Å². The number of ether oxygens (including phenoxy) is 1. The van der Waals surface area contributed by atoms with Gasteiger partial charge in [0.15, 0.2) is 0 Å². The Morgan fingerprint density at radius 1 is 0.893 bits per heavy atom. The molecule has 28 heavy (non-hydrogen) atoms. The number of nitrogens with one attached hydrogen (secondary N) is 1. The summed E-state index contributed by atoms with van der Waals surface area (Å²) in [7, 11) is -2.63. The molecule has 0 unspecified atom stereocenters. The average molecular weight is 395 g/mol. The van der Waals surface area contributed by atoms with E-state index < -0.39 is 22.0 Å². The highest BCUT2D eigenvalue weighted by molar-refractivity contribution is 7.89. The molecule has 0 aliphatic rings. The number of esters is 1. The van der Waals surface area contributed by atoms with Gasteiger partial charge in [-0.25, -0.2) is 13.2 Å². The molecule has 0 bridgehead atoms. The Morgan fingerprint density at radius 2 is 1.54 bits per heavy atom. The molecule has 0 saturated carbocycles. The number of carbonyl (C=O) groups is 1. The molecule has 0 heterocycles. The molecule has 0 aliphatic heterocycles. The first-order valence-electron chi connectivity index (χ1n) is 8.73. The fourth-order valence-electron chi connectivity index (χ4n) is 2.86. The molecular formula is C22H21NO4S. The lowest BCUT2D eigenvalue weighted by molar-refractivity contribution is 0.0600. The summed E-state index contributed by atoms with van der Waals surface area (Å²) in [5.41, 5.74) is 2.91. The molecule has 3 aromatic carbocycles. The summed E-state index contributed by atoms with van der Waals surface area (Å²) >= 11 is 0. The van der Waals surface area contributed by atoms with E-state index in [2.05, 4.69) is 9.46 Å². The molecule has 1 N–H and O–H groups in total. The second-order valence-electron chi connectivity index (χ2n) is 6.40. The Balaban J connectivity index is 2.00. The number of methoxy groups -OCH3 is 1. The van der Waals surface area contributed by atoms with Crippen LogP contribution in [-0.4, -0.2) is 21.5 Å². The molecule has 3 rings (SSSR count). The highest BCUT2D eigenvalue weighted by atomic mass is 32.2. The first kappa shape index (κ1) is 19.8. The molecule has 0 radical (unpaired) electrons. The van der Waals surface area contributed by atoms with Crippen molar-refractivity contribution >= 4 is 16.0 Å². The predicted octanol–water partition coefficient (Wildman–Crippen LogP) is 3.85. The van der Waals surface area contributed by atoms with Crippen LogP contribution in [0.1, 0.15) is 33.1 Å². The van der Waals surface area contributed by atoms with Crippen molar-refractivity contribution in [3.8, 4) is 0 Å². The Kier molecular flexibility index (Phi) is 5.92. The van der Waals surface area contributed by atoms with Crippen molar-refractivity contribution < 1.29 is 17.9 Å². The quantitative estimate of drug-likeness (QED) is 0.644. The molecule has 6 heteroatoms. The molecular weight excluding hydrogens is 374 g/mol. The van der Waals surface area contributed by atoms with Crippen LogP contribution in [0.5, 0.6) is 0 Å². The molecule has 0 aromatic heterocycles. The fraction of sp³-hybridized carbons (Fsp3) is 0.136. The Morgan fingerprint density at radius 3 is 2.18 bits per heavy atom. The summed E-state index contributed by atoms with van der Waals surface area (Å²) in [6, 6.07) is 22.3. The van der Waals surface area contributed by atoms with Gasteiger partial charge in [-0.15, -0.1) is 0 Å². The van der Waals surface area contributed by atoms with Crippen molar-refractivity contribution in [2.24, 2.45) is 0 Å². The molecule has 1 atom stereocenters. The van der Waals surface area contributed by atoms with Crippen LogP contribution in [0.4, 0.5) is 0 Å². The van der Waals surface area contributed by atoms with Crippen LogP contribution in [0.15, 0.2) is 83.8 Å². The number of rotatable bonds is 6. The lowest BCUT2D eigenvalue weighted by Crippen LogP contribution is -2.29. The molecule has 0 saturated heterocycles. The largest absolute Gasteiger partial charge is 0.465 e. The van der Waals surface area contributed by atoms with Gasteiger partial charge in [-0.3, -0.25) is 0 Å². The number of hydrogen-bond acceptors (Lipinski definition) is 4. The van der Waals surface area contributed by atoms with Gasteiger partial charge in [-0.1, -0.05) is 66.2 Å². The molecule has 0 amide bonds. The molecule has 0 aliphatic carbocycles. The molecule has 0 fully saturated rings. The Bertz CT molecular complexity index is 1060. The van der Waals surface area contributed by atoms with Crippen molar-refractivity contribution in [3.05, 3.63) is 101 Å². The summed E-state index contributed by atoms with van der Waals surface area (Å²) in [6.07, 6.45) is 0. The number of aryl methyl sites for hydroxylation is 1. The van der Waals surface area contributed by atoms with Crippen LogP contribution in [0.2, 0.25) is 0 Å². The van der Waals surface area contributed by atoms with E-state index in [0.29, 0.717) is 0 Å². The summed E-state index contributed by atoms with van der Waals surface area (Å²) in [5, 5.41) is 0. The van der Waals surface area contributed by atoms with Crippen LogP contribution in [0.3, 0.4) is 0 Å². The maximum atomic E-state index is 13.1. The van der Waals surface area contributed by atoms with Gasteiger partial charge in [0.2, 0.25) is 10.0 Å². The second-order valence-corrected chi connectivity index (χ2v) is 8.11. The van der Waals surface area contributed by atoms with E-state index in [9.17, 15) is 13.2 Å². The monoisotopic (exact) mass is 395 g/mol. The van der Waals surface area contributed by atoms with Crippen LogP contribution >= 0.6 is 0 Å². The van der Waals surface area contributed by atoms with E-state index in [-0.39, 0.29) is 10.5 Å². The van der Waals surface area contributed by atoms with E-state index in [1.54, 1.807) is 0 Å². The Hall–Kier alpha value is -2.96. The topological polar surface area (TPSA) is 72.5 Å². The average Bonchev–Trinajstić information content (AvgIpc) is 2.73. The summed E-state index contributed by atoms with van der Waals surface area (Å²) in [4.78, 5) is 11.8. The van der Waals surface area contributed by atoms with Crippen molar-refractivity contribution in [1.82, 2.24) is 4.72 Å². The van der Waals surface area contributed by atoms with Crippen LogP contribution < -0.4 is 4.72 Å². The van der Waals surface area contributed by atoms with Gasteiger partial charge in [-0.2, -0.15) is 4.72 Å². The minimum atomic E-state index is -3.89. The summed E-state index contributed by atoms with van der Waals surface area (Å²) in [6.45, 7) is 1.98. The van der Waals surface area contributed by atoms with Gasteiger partial charge in [0.05, 0.1) is 23.6 Å². The third kappa shape index (κ3) is 4.47. The number of hydrogen-bond donors (Lipinski definition) is 1. The first-order valence-corrected chi connectivity index (χ1v) is 10.2. The second kappa shape index (κ2) is 8.37. The lowest BCUT2D eigenvalue weighted by Gasteiger charge is -2.20. The minimum Gasteiger partial charge on any atom is -0.465 e. The normalized spacial score (nSPS) is 12.4. The SMILES string of the molecule is COC(=O)c1cccc(S(=O)(=O)N[C@H](c2ccccc2)c2ccc(C)cc2)c1. The first-order chi connectivity index (χ1) is 13.4. The minimum absolute atomic E-state index is 0.00319. The van der Waals surface area contributed by atoms with Crippen LogP contribution in [-0.2, 0) is 14.8 Å². The van der Waals surface area contributed by atoms with E-state index in [4.69, 9.17) is 0 Å². The maximum Gasteiger partial charge on any atom is 0.337 e. The van der Waals surface area contributed by atoms with Crippen molar-refractivity contribution in [2.75, 3.05) is 7.11 Å². The zero-order valence-electron chi connectivity index (χ0n) is 15.6. The van der Waals surface area contributed by atoms with Crippen LogP contribution in [0, 0.1) is 6.92 Å². The zero-order chi connectivity index (χ0) is 20.1. The maximum absolute atomic E-state index is 13.1. The van der Waals surface area contributed by atoms with Gasteiger partial charge < -0.3 is 4.74 Å². The molecule has 0 spiro atoms. The number of carbonyl (C=O) groups excluding carboxylic acids is 1. The highest BCUT2D eigenvalue weighted by Crippen LogP contribution is 2.25. The standard InChI is InChI=1S/C22H21NO4S/c1-16-11-13-18(14-12-16)21(17-7-4-3-5-8-17)23-28(25,26)20-10-6-9-19(15-20)22(24)27-2/h3-15,21,23H,1-2H3/t21-/m1/s1. The highest BCUT2D eigenvalue weighted by Gasteiger charge is 2.23. The van der Waals surface area contributed by atoms with Gasteiger partial charge >= 0.3 is 5.97 Å². The fourth-order valence-corrected chi connectivity index (χ4v) is 4.12. The van der Waals surface area contributed by atoms with Gasteiger partial charge in [0.25, 0.3) is 0 Å². The molecule has 144 valence electrons. The predicted molar refractivity (Wildman–Crippen MR) is 108 cm³/mol. The number of sulfonamides is 1. The Labute approximate surface area is 165 Å². The smallest absolute Gasteiger partial charge is 0.337 e.